The van der Waals surface area contributed by atoms with Crippen molar-refractivity contribution in [3.8, 4) is 0 Å². The second-order valence-corrected chi connectivity index (χ2v) is 4.40. The SMILES string of the molecule is O=C(C=Cc1ccc(F)cc1)N1CCC[C@@H]1CO. The predicted octanol–water partition coefficient (Wildman–Crippen LogP) is 1.82. The third kappa shape index (κ3) is 2.96. The van der Waals surface area contributed by atoms with Gasteiger partial charge in [0.2, 0.25) is 5.91 Å². The van der Waals surface area contributed by atoms with Gasteiger partial charge in [0.25, 0.3) is 0 Å². The molecule has 1 aliphatic rings. The van der Waals surface area contributed by atoms with Crippen molar-refractivity contribution in [1.29, 1.82) is 0 Å². The summed E-state index contributed by atoms with van der Waals surface area (Å²) in [5.74, 6) is -0.394. The number of carbonyl (C=O) groups excluding carboxylic acids is 1. The number of hydrogen-bond acceptors (Lipinski definition) is 2. The molecule has 3 nitrogen and oxygen atoms in total. The van der Waals surface area contributed by atoms with E-state index in [2.05, 4.69) is 0 Å². The number of carbonyl (C=O) groups is 1. The Morgan fingerprint density at radius 3 is 2.83 bits per heavy atom. The molecule has 1 atom stereocenters. The van der Waals surface area contributed by atoms with Gasteiger partial charge in [-0.1, -0.05) is 12.1 Å². The summed E-state index contributed by atoms with van der Waals surface area (Å²) in [6.45, 7) is 0.702. The molecule has 1 aromatic carbocycles. The molecule has 96 valence electrons. The van der Waals surface area contributed by atoms with E-state index in [-0.39, 0.29) is 24.4 Å². The normalized spacial score (nSPS) is 19.7. The number of hydrogen-bond donors (Lipinski definition) is 1. The number of rotatable bonds is 3. The van der Waals surface area contributed by atoms with Gasteiger partial charge in [0.15, 0.2) is 0 Å². The molecule has 1 saturated heterocycles. The van der Waals surface area contributed by atoms with Crippen molar-refractivity contribution in [2.24, 2.45) is 0 Å². The summed E-state index contributed by atoms with van der Waals surface area (Å²) in [5, 5.41) is 9.14. The zero-order valence-electron chi connectivity index (χ0n) is 10.1. The highest BCUT2D eigenvalue weighted by molar-refractivity contribution is 5.92. The Morgan fingerprint density at radius 1 is 1.44 bits per heavy atom. The van der Waals surface area contributed by atoms with Crippen molar-refractivity contribution < 1.29 is 14.3 Å². The quantitative estimate of drug-likeness (QED) is 0.830. The summed E-state index contributed by atoms with van der Waals surface area (Å²) in [5.41, 5.74) is 0.782. The van der Waals surface area contributed by atoms with Gasteiger partial charge in [-0.25, -0.2) is 4.39 Å². The topological polar surface area (TPSA) is 40.5 Å². The van der Waals surface area contributed by atoms with E-state index < -0.39 is 0 Å². The molecule has 0 radical (unpaired) electrons. The molecule has 1 fully saturated rings. The lowest BCUT2D eigenvalue weighted by Crippen LogP contribution is -2.36. The number of likely N-dealkylation sites (tertiary alicyclic amines) is 1. The lowest BCUT2D eigenvalue weighted by molar-refractivity contribution is -0.127. The molecule has 1 amide bonds. The first-order chi connectivity index (χ1) is 8.70. The van der Waals surface area contributed by atoms with Crippen molar-refractivity contribution in [1.82, 2.24) is 4.90 Å². The standard InChI is InChI=1S/C14H16FNO2/c15-12-6-3-11(4-7-12)5-8-14(18)16-9-1-2-13(16)10-17/h3-8,13,17H,1-2,9-10H2/t13-/m1/s1. The van der Waals surface area contributed by atoms with Crippen molar-refractivity contribution in [3.63, 3.8) is 0 Å². The van der Waals surface area contributed by atoms with Crippen LogP contribution in [0.5, 0.6) is 0 Å². The predicted molar refractivity (Wildman–Crippen MR) is 67.3 cm³/mol. The van der Waals surface area contributed by atoms with Gasteiger partial charge in [-0.15, -0.1) is 0 Å². The maximum absolute atomic E-state index is 12.7. The zero-order chi connectivity index (χ0) is 13.0. The van der Waals surface area contributed by atoms with Gasteiger partial charge in [0.05, 0.1) is 12.6 Å². The summed E-state index contributed by atoms with van der Waals surface area (Å²) >= 11 is 0. The molecule has 0 aliphatic carbocycles. The second-order valence-electron chi connectivity index (χ2n) is 4.40. The van der Waals surface area contributed by atoms with Crippen molar-refractivity contribution >= 4 is 12.0 Å². The Balaban J connectivity index is 2.00. The minimum absolute atomic E-state index is 0.0100. The first-order valence-corrected chi connectivity index (χ1v) is 6.06. The lowest BCUT2D eigenvalue weighted by Gasteiger charge is -2.21. The minimum atomic E-state index is -0.293. The van der Waals surface area contributed by atoms with Crippen LogP contribution >= 0.6 is 0 Å². The van der Waals surface area contributed by atoms with E-state index >= 15 is 0 Å². The highest BCUT2D eigenvalue weighted by Gasteiger charge is 2.26. The molecule has 0 spiro atoms. The molecule has 2 rings (SSSR count). The fourth-order valence-electron chi connectivity index (χ4n) is 2.15. The van der Waals surface area contributed by atoms with Crippen molar-refractivity contribution in [3.05, 3.63) is 41.7 Å². The number of aliphatic hydroxyl groups is 1. The van der Waals surface area contributed by atoms with Crippen LogP contribution in [0.2, 0.25) is 0 Å². The Kier molecular flexibility index (Phi) is 4.10. The minimum Gasteiger partial charge on any atom is -0.394 e. The van der Waals surface area contributed by atoms with Crippen LogP contribution in [-0.2, 0) is 4.79 Å². The average Bonchev–Trinajstić information content (AvgIpc) is 2.86. The van der Waals surface area contributed by atoms with Crippen LogP contribution in [0.15, 0.2) is 30.3 Å². The summed E-state index contributed by atoms with van der Waals surface area (Å²) in [4.78, 5) is 13.6. The van der Waals surface area contributed by atoms with E-state index in [9.17, 15) is 9.18 Å². The number of halogens is 1. The fraction of sp³-hybridized carbons (Fsp3) is 0.357. The molecule has 1 heterocycles. The molecular formula is C14H16FNO2. The largest absolute Gasteiger partial charge is 0.394 e. The van der Waals surface area contributed by atoms with Crippen molar-refractivity contribution in [2.45, 2.75) is 18.9 Å². The second kappa shape index (κ2) is 5.78. The van der Waals surface area contributed by atoms with Gasteiger partial charge < -0.3 is 10.0 Å². The van der Waals surface area contributed by atoms with Crippen LogP contribution in [0.4, 0.5) is 4.39 Å². The Labute approximate surface area is 106 Å². The summed E-state index contributed by atoms with van der Waals surface area (Å²) in [7, 11) is 0. The maximum Gasteiger partial charge on any atom is 0.246 e. The Hall–Kier alpha value is -1.68. The van der Waals surface area contributed by atoms with E-state index in [0.29, 0.717) is 6.54 Å². The first kappa shape index (κ1) is 12.8. The van der Waals surface area contributed by atoms with Gasteiger partial charge >= 0.3 is 0 Å². The third-order valence-corrected chi connectivity index (χ3v) is 3.16. The van der Waals surface area contributed by atoms with Gasteiger partial charge in [-0.2, -0.15) is 0 Å². The number of aliphatic hydroxyl groups excluding tert-OH is 1. The number of nitrogens with zero attached hydrogens (tertiary/aromatic N) is 1. The fourth-order valence-corrected chi connectivity index (χ4v) is 2.15. The van der Waals surface area contributed by atoms with Crippen LogP contribution in [0, 0.1) is 5.82 Å². The highest BCUT2D eigenvalue weighted by atomic mass is 19.1. The summed E-state index contributed by atoms with van der Waals surface area (Å²) in [6, 6.07) is 5.89. The van der Waals surface area contributed by atoms with Crippen LogP contribution in [-0.4, -0.2) is 35.1 Å². The van der Waals surface area contributed by atoms with Crippen LogP contribution in [0.3, 0.4) is 0 Å². The Morgan fingerprint density at radius 2 is 2.17 bits per heavy atom. The highest BCUT2D eigenvalue weighted by Crippen LogP contribution is 2.17. The molecule has 18 heavy (non-hydrogen) atoms. The van der Waals surface area contributed by atoms with E-state index in [4.69, 9.17) is 5.11 Å². The zero-order valence-corrected chi connectivity index (χ0v) is 10.1. The molecule has 1 aromatic rings. The van der Waals surface area contributed by atoms with Crippen molar-refractivity contribution in [2.75, 3.05) is 13.2 Å². The Bertz CT molecular complexity index is 442. The first-order valence-electron chi connectivity index (χ1n) is 6.06. The van der Waals surface area contributed by atoms with Gasteiger partial charge in [-0.05, 0) is 36.6 Å². The molecular weight excluding hydrogens is 233 g/mol. The molecule has 1 N–H and O–H groups in total. The van der Waals surface area contributed by atoms with Crippen LogP contribution < -0.4 is 0 Å². The molecule has 1 aliphatic heterocycles. The van der Waals surface area contributed by atoms with Gasteiger partial charge in [0, 0.05) is 12.6 Å². The molecule has 4 heteroatoms. The molecule has 0 bridgehead atoms. The van der Waals surface area contributed by atoms with Crippen LogP contribution in [0.1, 0.15) is 18.4 Å². The van der Waals surface area contributed by atoms with Crippen LogP contribution in [0.25, 0.3) is 6.08 Å². The van der Waals surface area contributed by atoms with E-state index in [1.165, 1.54) is 18.2 Å². The monoisotopic (exact) mass is 249 g/mol. The molecule has 0 aromatic heterocycles. The average molecular weight is 249 g/mol. The van der Waals surface area contributed by atoms with E-state index in [1.807, 2.05) is 0 Å². The molecule has 0 unspecified atom stereocenters. The maximum atomic E-state index is 12.7. The number of amides is 1. The summed E-state index contributed by atoms with van der Waals surface area (Å²) < 4.78 is 12.7. The van der Waals surface area contributed by atoms with E-state index in [0.717, 1.165) is 18.4 Å². The lowest BCUT2D eigenvalue weighted by atomic mass is 10.2. The molecule has 0 saturated carbocycles. The smallest absolute Gasteiger partial charge is 0.246 e. The third-order valence-electron chi connectivity index (χ3n) is 3.16. The van der Waals surface area contributed by atoms with Gasteiger partial charge in [0.1, 0.15) is 5.82 Å². The number of benzene rings is 1. The summed E-state index contributed by atoms with van der Waals surface area (Å²) in [6.07, 6.45) is 4.92. The van der Waals surface area contributed by atoms with Gasteiger partial charge in [-0.3, -0.25) is 4.79 Å². The van der Waals surface area contributed by atoms with E-state index in [1.54, 1.807) is 23.1 Å².